The van der Waals surface area contributed by atoms with E-state index in [1.165, 1.54) is 0 Å². The second-order valence-corrected chi connectivity index (χ2v) is 6.59. The Morgan fingerprint density at radius 3 is 2.05 bits per heavy atom. The van der Waals surface area contributed by atoms with Crippen molar-refractivity contribution in [3.63, 3.8) is 0 Å². The predicted molar refractivity (Wildman–Crippen MR) is 81.2 cm³/mol. The lowest BCUT2D eigenvalue weighted by molar-refractivity contribution is -0.153. The summed E-state index contributed by atoms with van der Waals surface area (Å²) < 4.78 is 0. The fraction of sp³-hybridized carbons (Fsp3) is 0.875. The van der Waals surface area contributed by atoms with Crippen LogP contribution in [0, 0.1) is 17.8 Å². The van der Waals surface area contributed by atoms with Gasteiger partial charge in [0.1, 0.15) is 12.1 Å². The molecule has 116 valence electrons. The number of piperazine rings is 1. The molecular weight excluding hydrogens is 252 g/mol. The minimum Gasteiger partial charge on any atom is -0.342 e. The molecule has 1 aliphatic rings. The van der Waals surface area contributed by atoms with Crippen molar-refractivity contribution in [1.29, 1.82) is 0 Å². The molecule has 2 amide bonds. The van der Waals surface area contributed by atoms with Crippen LogP contribution >= 0.6 is 0 Å². The Morgan fingerprint density at radius 1 is 1.05 bits per heavy atom. The lowest BCUT2D eigenvalue weighted by atomic mass is 9.88. The van der Waals surface area contributed by atoms with Gasteiger partial charge in [-0.3, -0.25) is 9.59 Å². The highest BCUT2D eigenvalue weighted by Gasteiger charge is 2.43. The van der Waals surface area contributed by atoms with E-state index in [1.807, 2.05) is 11.8 Å². The molecule has 1 saturated heterocycles. The van der Waals surface area contributed by atoms with Gasteiger partial charge in [-0.1, -0.05) is 54.4 Å². The number of amides is 2. The van der Waals surface area contributed by atoms with Gasteiger partial charge in [-0.15, -0.1) is 0 Å². The van der Waals surface area contributed by atoms with E-state index >= 15 is 0 Å². The number of carbonyl (C=O) groups is 2. The molecular formula is C16H30N2O2. The minimum absolute atomic E-state index is 0.0184. The van der Waals surface area contributed by atoms with Crippen molar-refractivity contribution in [2.75, 3.05) is 6.54 Å². The van der Waals surface area contributed by atoms with Gasteiger partial charge in [0.25, 0.3) is 0 Å². The summed E-state index contributed by atoms with van der Waals surface area (Å²) in [4.78, 5) is 27.0. The lowest BCUT2D eigenvalue weighted by Crippen LogP contribution is -2.66. The second-order valence-electron chi connectivity index (χ2n) is 6.59. The normalized spacial score (nSPS) is 26.6. The minimum atomic E-state index is -0.355. The highest BCUT2D eigenvalue weighted by atomic mass is 16.2. The molecule has 0 aromatic heterocycles. The summed E-state index contributed by atoms with van der Waals surface area (Å²) in [7, 11) is 0. The van der Waals surface area contributed by atoms with Gasteiger partial charge in [-0.25, -0.2) is 0 Å². The van der Waals surface area contributed by atoms with E-state index in [2.05, 4.69) is 39.9 Å². The molecule has 4 nitrogen and oxygen atoms in total. The fourth-order valence-corrected chi connectivity index (χ4v) is 2.76. The van der Waals surface area contributed by atoms with Crippen molar-refractivity contribution in [2.24, 2.45) is 17.8 Å². The number of hydrogen-bond donors (Lipinski definition) is 1. The first kappa shape index (κ1) is 17.0. The van der Waals surface area contributed by atoms with E-state index in [0.29, 0.717) is 12.5 Å². The Morgan fingerprint density at radius 2 is 1.60 bits per heavy atom. The van der Waals surface area contributed by atoms with E-state index in [0.717, 1.165) is 12.8 Å². The zero-order valence-corrected chi connectivity index (χ0v) is 13.8. The van der Waals surface area contributed by atoms with E-state index in [4.69, 9.17) is 0 Å². The highest BCUT2D eigenvalue weighted by molar-refractivity contribution is 5.97. The topological polar surface area (TPSA) is 49.4 Å². The van der Waals surface area contributed by atoms with Gasteiger partial charge in [0.15, 0.2) is 0 Å². The average molecular weight is 282 g/mol. The lowest BCUT2D eigenvalue weighted by Gasteiger charge is -2.43. The zero-order chi connectivity index (χ0) is 15.4. The molecule has 4 heteroatoms. The van der Waals surface area contributed by atoms with Crippen LogP contribution in [0.5, 0.6) is 0 Å². The van der Waals surface area contributed by atoms with Gasteiger partial charge in [-0.2, -0.15) is 0 Å². The van der Waals surface area contributed by atoms with Crippen LogP contribution in [-0.4, -0.2) is 35.3 Å². The van der Waals surface area contributed by atoms with Crippen LogP contribution in [0.1, 0.15) is 54.4 Å². The van der Waals surface area contributed by atoms with E-state index in [9.17, 15) is 9.59 Å². The summed E-state index contributed by atoms with van der Waals surface area (Å²) in [6.45, 7) is 13.0. The molecule has 4 atom stereocenters. The molecule has 1 rings (SSSR count). The van der Waals surface area contributed by atoms with Crippen molar-refractivity contribution in [3.8, 4) is 0 Å². The third-order valence-corrected chi connectivity index (χ3v) is 4.41. The van der Waals surface area contributed by atoms with Crippen LogP contribution < -0.4 is 5.32 Å². The van der Waals surface area contributed by atoms with Crippen molar-refractivity contribution in [2.45, 2.75) is 66.5 Å². The molecule has 1 heterocycles. The number of rotatable bonds is 6. The van der Waals surface area contributed by atoms with Gasteiger partial charge >= 0.3 is 0 Å². The maximum absolute atomic E-state index is 12.7. The molecule has 0 bridgehead atoms. The predicted octanol–water partition coefficient (Wildman–Crippen LogP) is 2.43. The molecule has 1 aliphatic heterocycles. The van der Waals surface area contributed by atoms with Crippen molar-refractivity contribution in [3.05, 3.63) is 0 Å². The maximum Gasteiger partial charge on any atom is 0.246 e. The molecule has 20 heavy (non-hydrogen) atoms. The molecule has 0 aliphatic carbocycles. The summed E-state index contributed by atoms with van der Waals surface area (Å²) in [5.74, 6) is 0.853. The quantitative estimate of drug-likeness (QED) is 0.813. The van der Waals surface area contributed by atoms with E-state index in [-0.39, 0.29) is 35.7 Å². The van der Waals surface area contributed by atoms with Gasteiger partial charge in [0, 0.05) is 6.54 Å². The number of carbonyl (C=O) groups excluding carboxylic acids is 2. The van der Waals surface area contributed by atoms with Gasteiger partial charge in [0.2, 0.25) is 11.8 Å². The molecule has 0 aromatic rings. The molecule has 0 radical (unpaired) electrons. The van der Waals surface area contributed by atoms with E-state index < -0.39 is 0 Å². The third-order valence-electron chi connectivity index (χ3n) is 4.41. The van der Waals surface area contributed by atoms with Crippen LogP contribution in [0.4, 0.5) is 0 Å². The second kappa shape index (κ2) is 7.09. The van der Waals surface area contributed by atoms with E-state index in [1.54, 1.807) is 0 Å². The fourth-order valence-electron chi connectivity index (χ4n) is 2.76. The summed E-state index contributed by atoms with van der Waals surface area (Å²) in [6.07, 6.45) is 1.79. The first-order chi connectivity index (χ1) is 9.33. The molecule has 0 spiro atoms. The number of hydrogen-bond acceptors (Lipinski definition) is 2. The Balaban J connectivity index is 3.04. The number of nitrogens with one attached hydrogen (secondary N) is 1. The van der Waals surface area contributed by atoms with Crippen LogP contribution in [0.15, 0.2) is 0 Å². The van der Waals surface area contributed by atoms with Gasteiger partial charge in [-0.05, 0) is 17.8 Å². The standard InChI is InChI=1S/C16H30N2O2/c1-7-11(5)13-16(20)18(9-10(3)4)14(12(6)8-2)15(19)17-13/h10-14H,7-9H2,1-6H3,(H,17,19). The highest BCUT2D eigenvalue weighted by Crippen LogP contribution is 2.24. The first-order valence-corrected chi connectivity index (χ1v) is 7.94. The third kappa shape index (κ3) is 3.53. The molecule has 0 aromatic carbocycles. The molecule has 0 saturated carbocycles. The summed E-state index contributed by atoms with van der Waals surface area (Å²) >= 11 is 0. The first-order valence-electron chi connectivity index (χ1n) is 7.94. The van der Waals surface area contributed by atoms with Crippen molar-refractivity contribution < 1.29 is 9.59 Å². The van der Waals surface area contributed by atoms with Crippen LogP contribution in [-0.2, 0) is 9.59 Å². The Labute approximate surface area is 123 Å². The smallest absolute Gasteiger partial charge is 0.246 e. The Kier molecular flexibility index (Phi) is 6.03. The SMILES string of the molecule is CCC(C)C1NC(=O)C(C(C)CC)N(CC(C)C)C1=O. The monoisotopic (exact) mass is 282 g/mol. The van der Waals surface area contributed by atoms with Crippen molar-refractivity contribution in [1.82, 2.24) is 10.2 Å². The number of nitrogens with zero attached hydrogens (tertiary/aromatic N) is 1. The van der Waals surface area contributed by atoms with Crippen molar-refractivity contribution >= 4 is 11.8 Å². The summed E-state index contributed by atoms with van der Waals surface area (Å²) in [5, 5.41) is 2.96. The molecule has 1 fully saturated rings. The van der Waals surface area contributed by atoms with Gasteiger partial charge < -0.3 is 10.2 Å². The Bertz CT molecular complexity index is 354. The Hall–Kier alpha value is -1.06. The van der Waals surface area contributed by atoms with Gasteiger partial charge in [0.05, 0.1) is 0 Å². The molecule has 1 N–H and O–H groups in total. The summed E-state index contributed by atoms with van der Waals surface area (Å²) in [5.41, 5.74) is 0. The summed E-state index contributed by atoms with van der Waals surface area (Å²) in [6, 6.07) is -0.665. The largest absolute Gasteiger partial charge is 0.342 e. The maximum atomic E-state index is 12.7. The van der Waals surface area contributed by atoms with Crippen LogP contribution in [0.25, 0.3) is 0 Å². The van der Waals surface area contributed by atoms with Crippen LogP contribution in [0.3, 0.4) is 0 Å². The average Bonchev–Trinajstić information content (AvgIpc) is 2.40. The zero-order valence-electron chi connectivity index (χ0n) is 13.8. The van der Waals surface area contributed by atoms with Crippen LogP contribution in [0.2, 0.25) is 0 Å². The molecule has 4 unspecified atom stereocenters.